The molecule has 1 rings (SSSR count). The molecule has 0 aromatic carbocycles. The van der Waals surface area contributed by atoms with Crippen LogP contribution in [-0.4, -0.2) is 58.4 Å². The smallest absolute Gasteiger partial charge is 0.326 e. The molecule has 0 spiro atoms. The molecule has 0 saturated carbocycles. The van der Waals surface area contributed by atoms with Gasteiger partial charge in [-0.15, -0.1) is 0 Å². The molecule has 1 aliphatic rings. The Morgan fingerprint density at radius 2 is 2.12 bits per heavy atom. The van der Waals surface area contributed by atoms with Crippen molar-refractivity contribution in [1.29, 1.82) is 0 Å². The Balaban J connectivity index is 2.91. The van der Waals surface area contributed by atoms with Crippen LogP contribution in [0.25, 0.3) is 0 Å². The first kappa shape index (κ1) is 13.9. The van der Waals surface area contributed by atoms with E-state index in [1.807, 2.05) is 0 Å². The van der Waals surface area contributed by atoms with Gasteiger partial charge in [-0.05, 0) is 13.3 Å². The highest BCUT2D eigenvalue weighted by atomic mass is 16.5. The van der Waals surface area contributed by atoms with Crippen LogP contribution in [0.2, 0.25) is 0 Å². The van der Waals surface area contributed by atoms with Crippen LogP contribution in [0.15, 0.2) is 0 Å². The second kappa shape index (κ2) is 5.01. The van der Waals surface area contributed by atoms with Gasteiger partial charge in [-0.3, -0.25) is 4.79 Å². The largest absolute Gasteiger partial charge is 0.480 e. The first-order chi connectivity index (χ1) is 7.85. The number of hydrogen-bond acceptors (Lipinski definition) is 4. The van der Waals surface area contributed by atoms with Crippen molar-refractivity contribution in [3.8, 4) is 0 Å². The summed E-state index contributed by atoms with van der Waals surface area (Å²) in [7, 11) is 1.42. The van der Waals surface area contributed by atoms with Crippen molar-refractivity contribution in [2.24, 2.45) is 0 Å². The molecule has 1 amide bonds. The number of amides is 1. The summed E-state index contributed by atoms with van der Waals surface area (Å²) in [5.74, 6) is -1.48. The molecule has 0 aliphatic carbocycles. The van der Waals surface area contributed by atoms with E-state index >= 15 is 0 Å². The number of carbonyl (C=O) groups is 2. The highest BCUT2D eigenvalue weighted by molar-refractivity contribution is 5.89. The van der Waals surface area contributed by atoms with Crippen LogP contribution >= 0.6 is 0 Å². The van der Waals surface area contributed by atoms with Gasteiger partial charge in [-0.2, -0.15) is 0 Å². The van der Waals surface area contributed by atoms with Crippen molar-refractivity contribution in [2.75, 3.05) is 13.7 Å². The second-order valence-electron chi connectivity index (χ2n) is 4.49. The van der Waals surface area contributed by atoms with Crippen LogP contribution in [0.1, 0.15) is 26.7 Å². The number of ether oxygens (including phenoxy) is 1. The summed E-state index contributed by atoms with van der Waals surface area (Å²) in [5, 5.41) is 18.5. The fourth-order valence-corrected chi connectivity index (χ4v) is 1.96. The van der Waals surface area contributed by atoms with Gasteiger partial charge in [0, 0.05) is 20.1 Å². The number of carboxylic acid groups (broad SMARTS) is 1. The van der Waals surface area contributed by atoms with Crippen LogP contribution in [0.5, 0.6) is 0 Å². The fraction of sp³-hybridized carbons (Fsp3) is 0.818. The average Bonchev–Trinajstić information content (AvgIpc) is 2.69. The molecule has 0 aromatic rings. The maximum Gasteiger partial charge on any atom is 0.326 e. The number of rotatable bonds is 4. The van der Waals surface area contributed by atoms with Crippen LogP contribution in [-0.2, 0) is 14.3 Å². The molecule has 1 unspecified atom stereocenters. The van der Waals surface area contributed by atoms with E-state index in [0.29, 0.717) is 6.42 Å². The summed E-state index contributed by atoms with van der Waals surface area (Å²) in [5.41, 5.74) is -1.03. The summed E-state index contributed by atoms with van der Waals surface area (Å²) in [6.07, 6.45) is -0.260. The van der Waals surface area contributed by atoms with Gasteiger partial charge in [0.15, 0.2) is 0 Å². The number of aliphatic hydroxyl groups excluding tert-OH is 1. The van der Waals surface area contributed by atoms with Gasteiger partial charge in [0.05, 0.1) is 6.10 Å². The molecule has 0 aromatic heterocycles. The van der Waals surface area contributed by atoms with E-state index in [4.69, 9.17) is 9.84 Å². The van der Waals surface area contributed by atoms with Crippen LogP contribution in [0, 0.1) is 0 Å². The Hall–Kier alpha value is -1.14. The van der Waals surface area contributed by atoms with Crippen molar-refractivity contribution in [3.05, 3.63) is 0 Å². The summed E-state index contributed by atoms with van der Waals surface area (Å²) in [6.45, 7) is 3.47. The lowest BCUT2D eigenvalue weighted by Crippen LogP contribution is -2.51. The second-order valence-corrected chi connectivity index (χ2v) is 4.49. The van der Waals surface area contributed by atoms with Gasteiger partial charge in [-0.25, -0.2) is 4.79 Å². The predicted octanol–water partition coefficient (Wildman–Crippen LogP) is -0.152. The predicted molar refractivity (Wildman–Crippen MR) is 59.5 cm³/mol. The molecule has 1 heterocycles. The zero-order valence-electron chi connectivity index (χ0n) is 10.3. The number of aliphatic carboxylic acids is 1. The van der Waals surface area contributed by atoms with Crippen molar-refractivity contribution in [1.82, 2.24) is 4.90 Å². The molecule has 0 bridgehead atoms. The lowest BCUT2D eigenvalue weighted by molar-refractivity contribution is -0.160. The number of nitrogens with zero attached hydrogens (tertiary/aromatic N) is 1. The van der Waals surface area contributed by atoms with Gasteiger partial charge in [0.1, 0.15) is 11.6 Å². The summed E-state index contributed by atoms with van der Waals surface area (Å²) in [4.78, 5) is 24.4. The highest BCUT2D eigenvalue weighted by Gasteiger charge is 2.45. The number of carbonyl (C=O) groups excluding carboxylic acids is 1. The number of β-amino-alcohol motifs (C(OH)–C–C–N with tert-alkyl or cyclic N) is 1. The molecule has 1 saturated heterocycles. The van der Waals surface area contributed by atoms with Gasteiger partial charge in [0.25, 0.3) is 5.91 Å². The monoisotopic (exact) mass is 245 g/mol. The number of methoxy groups -OCH3 is 1. The lowest BCUT2D eigenvalue weighted by atomic mass is 10.0. The van der Waals surface area contributed by atoms with Gasteiger partial charge < -0.3 is 19.8 Å². The molecular formula is C11H19NO5. The first-order valence-electron chi connectivity index (χ1n) is 5.62. The van der Waals surface area contributed by atoms with Gasteiger partial charge in [0.2, 0.25) is 0 Å². The molecule has 0 radical (unpaired) electrons. The Bertz CT molecular complexity index is 313. The molecular weight excluding hydrogens is 226 g/mol. The SMILES string of the molecule is CCC(C)(OC)C(=O)N1C[C@@H](O)C[C@H]1C(=O)O. The maximum atomic E-state index is 12.2. The molecule has 1 fully saturated rings. The standard InChI is InChI=1S/C11H19NO5/c1-4-11(2,17-3)10(16)12-6-7(13)5-8(12)9(14)15/h7-8,13H,4-6H2,1-3H3,(H,14,15)/t7-,8-,11?/m0/s1. The van der Waals surface area contributed by atoms with E-state index < -0.39 is 23.7 Å². The van der Waals surface area contributed by atoms with Crippen molar-refractivity contribution >= 4 is 11.9 Å². The van der Waals surface area contributed by atoms with Crippen molar-refractivity contribution in [3.63, 3.8) is 0 Å². The summed E-state index contributed by atoms with van der Waals surface area (Å²) < 4.78 is 5.16. The lowest BCUT2D eigenvalue weighted by Gasteiger charge is -2.32. The zero-order valence-corrected chi connectivity index (χ0v) is 10.3. The zero-order chi connectivity index (χ0) is 13.2. The number of aliphatic hydroxyl groups is 1. The molecule has 6 heteroatoms. The number of hydrogen-bond donors (Lipinski definition) is 2. The quantitative estimate of drug-likeness (QED) is 0.719. The van der Waals surface area contributed by atoms with E-state index in [1.54, 1.807) is 13.8 Å². The highest BCUT2D eigenvalue weighted by Crippen LogP contribution is 2.25. The normalized spacial score (nSPS) is 27.9. The van der Waals surface area contributed by atoms with E-state index in [-0.39, 0.29) is 18.9 Å². The minimum Gasteiger partial charge on any atom is -0.480 e. The van der Waals surface area contributed by atoms with E-state index in [2.05, 4.69) is 0 Å². The molecule has 2 N–H and O–H groups in total. The fourth-order valence-electron chi connectivity index (χ4n) is 1.96. The van der Waals surface area contributed by atoms with E-state index in [1.165, 1.54) is 12.0 Å². The Kier molecular flexibility index (Phi) is 4.11. The van der Waals surface area contributed by atoms with Crippen molar-refractivity contribution < 1.29 is 24.5 Å². The van der Waals surface area contributed by atoms with Gasteiger partial charge >= 0.3 is 5.97 Å². The third kappa shape index (κ3) is 2.58. The topological polar surface area (TPSA) is 87.1 Å². The summed E-state index contributed by atoms with van der Waals surface area (Å²) >= 11 is 0. The van der Waals surface area contributed by atoms with E-state index in [9.17, 15) is 14.7 Å². The Labute approximate surface area is 100 Å². The molecule has 98 valence electrons. The van der Waals surface area contributed by atoms with Crippen molar-refractivity contribution in [2.45, 2.75) is 44.4 Å². The van der Waals surface area contributed by atoms with Crippen LogP contribution < -0.4 is 0 Å². The maximum absolute atomic E-state index is 12.2. The number of carboxylic acids is 1. The van der Waals surface area contributed by atoms with Crippen LogP contribution in [0.3, 0.4) is 0 Å². The Morgan fingerprint density at radius 1 is 1.53 bits per heavy atom. The molecule has 3 atom stereocenters. The van der Waals surface area contributed by atoms with E-state index in [0.717, 1.165) is 0 Å². The Morgan fingerprint density at radius 3 is 2.53 bits per heavy atom. The minimum atomic E-state index is -1.09. The molecule has 6 nitrogen and oxygen atoms in total. The summed E-state index contributed by atoms with van der Waals surface area (Å²) in [6, 6.07) is -0.960. The first-order valence-corrected chi connectivity index (χ1v) is 5.62. The average molecular weight is 245 g/mol. The minimum absolute atomic E-state index is 0.0503. The third-order valence-electron chi connectivity index (χ3n) is 3.40. The van der Waals surface area contributed by atoms with Crippen LogP contribution in [0.4, 0.5) is 0 Å². The number of likely N-dealkylation sites (tertiary alicyclic amines) is 1. The van der Waals surface area contributed by atoms with Gasteiger partial charge in [-0.1, -0.05) is 6.92 Å². The molecule has 17 heavy (non-hydrogen) atoms. The third-order valence-corrected chi connectivity index (χ3v) is 3.40. The molecule has 1 aliphatic heterocycles.